The van der Waals surface area contributed by atoms with Crippen molar-refractivity contribution >= 4 is 24.0 Å². The quantitative estimate of drug-likeness (QED) is 0.539. The molecule has 25 heavy (non-hydrogen) atoms. The molecule has 0 saturated heterocycles. The number of carbonyl (C=O) groups excluding carboxylic acids is 3. The number of rotatable bonds is 6. The fourth-order valence-electron chi connectivity index (χ4n) is 1.50. The summed E-state index contributed by atoms with van der Waals surface area (Å²) in [6.07, 6.45) is -2.91. The molecule has 2 atom stereocenters. The number of hydrogen-bond acceptors (Lipinski definition) is 7. The van der Waals surface area contributed by atoms with Crippen LogP contribution in [0.3, 0.4) is 0 Å². The predicted molar refractivity (Wildman–Crippen MR) is 86.8 cm³/mol. The molecule has 0 aliphatic carbocycles. The van der Waals surface area contributed by atoms with Crippen LogP contribution in [-0.4, -0.2) is 52.5 Å². The maximum Gasteiger partial charge on any atom is 0.408 e. The highest BCUT2D eigenvalue weighted by molar-refractivity contribution is 5.87. The normalized spacial score (nSPS) is 14.0. The summed E-state index contributed by atoms with van der Waals surface area (Å²) in [7, 11) is 0. The van der Waals surface area contributed by atoms with Gasteiger partial charge in [-0.1, -0.05) is 0 Å². The molecule has 0 spiro atoms. The molecule has 0 aliphatic rings. The molecule has 0 heterocycles. The second-order valence-corrected chi connectivity index (χ2v) is 7.41. The van der Waals surface area contributed by atoms with E-state index in [0.29, 0.717) is 0 Å². The summed E-state index contributed by atoms with van der Waals surface area (Å²) in [4.78, 5) is 46.7. The zero-order valence-electron chi connectivity index (χ0n) is 15.7. The molecule has 9 nitrogen and oxygen atoms in total. The van der Waals surface area contributed by atoms with E-state index in [1.54, 1.807) is 41.5 Å². The third-order valence-electron chi connectivity index (χ3n) is 2.41. The van der Waals surface area contributed by atoms with Crippen LogP contribution in [0.4, 0.5) is 4.79 Å². The van der Waals surface area contributed by atoms with Crippen LogP contribution in [0.1, 0.15) is 54.9 Å². The highest BCUT2D eigenvalue weighted by Gasteiger charge is 2.31. The Kier molecular flexibility index (Phi) is 7.88. The van der Waals surface area contributed by atoms with Crippen molar-refractivity contribution < 1.29 is 38.5 Å². The smallest absolute Gasteiger partial charge is 0.408 e. The van der Waals surface area contributed by atoms with Gasteiger partial charge in [0.1, 0.15) is 17.2 Å². The topological polar surface area (TPSA) is 128 Å². The fraction of sp³-hybridized carbons (Fsp3) is 0.750. The van der Waals surface area contributed by atoms with Crippen LogP contribution in [0.15, 0.2) is 0 Å². The molecule has 2 unspecified atom stereocenters. The first-order valence-electron chi connectivity index (χ1n) is 7.75. The molecule has 0 fully saturated rings. The standard InChI is InChI=1S/C16H27NO8/c1-9(12(19)20)23-13(21)10(8-11(18)24-15(2,3)4)17-14(22)25-16(5,6)7/h9-10H,8H2,1-7H3,(H,17,22)(H,19,20). The summed E-state index contributed by atoms with van der Waals surface area (Å²) in [5, 5.41) is 11.0. The maximum absolute atomic E-state index is 12.1. The van der Waals surface area contributed by atoms with Gasteiger partial charge in [0.05, 0.1) is 6.42 Å². The largest absolute Gasteiger partial charge is 0.479 e. The van der Waals surface area contributed by atoms with E-state index in [4.69, 9.17) is 19.3 Å². The van der Waals surface area contributed by atoms with E-state index < -0.39 is 53.8 Å². The van der Waals surface area contributed by atoms with Crippen molar-refractivity contribution in [2.75, 3.05) is 0 Å². The Morgan fingerprint density at radius 2 is 1.44 bits per heavy atom. The van der Waals surface area contributed by atoms with Crippen molar-refractivity contribution in [2.45, 2.75) is 78.2 Å². The Hall–Kier alpha value is -2.32. The highest BCUT2D eigenvalue weighted by Crippen LogP contribution is 2.12. The van der Waals surface area contributed by atoms with Gasteiger partial charge in [0.15, 0.2) is 6.10 Å². The lowest BCUT2D eigenvalue weighted by molar-refractivity contribution is -0.166. The molecule has 0 aromatic heterocycles. The van der Waals surface area contributed by atoms with Gasteiger partial charge in [-0.3, -0.25) is 4.79 Å². The van der Waals surface area contributed by atoms with Crippen molar-refractivity contribution in [1.82, 2.24) is 5.32 Å². The predicted octanol–water partition coefficient (Wildman–Crippen LogP) is 1.63. The SMILES string of the molecule is CC(OC(=O)C(CC(=O)OC(C)(C)C)NC(=O)OC(C)(C)C)C(=O)O. The Balaban J connectivity index is 5.10. The van der Waals surface area contributed by atoms with Crippen LogP contribution < -0.4 is 5.32 Å². The van der Waals surface area contributed by atoms with Crippen LogP contribution in [0.2, 0.25) is 0 Å². The summed E-state index contributed by atoms with van der Waals surface area (Å²) >= 11 is 0. The molecule has 0 aromatic rings. The van der Waals surface area contributed by atoms with E-state index in [9.17, 15) is 19.2 Å². The second kappa shape index (κ2) is 8.68. The molecule has 9 heteroatoms. The lowest BCUT2D eigenvalue weighted by Gasteiger charge is -2.24. The molecule has 0 saturated carbocycles. The van der Waals surface area contributed by atoms with E-state index >= 15 is 0 Å². The number of carboxylic acid groups (broad SMARTS) is 1. The lowest BCUT2D eigenvalue weighted by atomic mass is 10.1. The summed E-state index contributed by atoms with van der Waals surface area (Å²) in [6.45, 7) is 11.0. The number of carbonyl (C=O) groups is 4. The lowest BCUT2D eigenvalue weighted by Crippen LogP contribution is -2.47. The van der Waals surface area contributed by atoms with Crippen molar-refractivity contribution in [3.8, 4) is 0 Å². The van der Waals surface area contributed by atoms with Crippen molar-refractivity contribution in [1.29, 1.82) is 0 Å². The number of hydrogen-bond donors (Lipinski definition) is 2. The first kappa shape index (κ1) is 22.7. The zero-order chi connectivity index (χ0) is 20.0. The minimum atomic E-state index is -1.44. The number of ether oxygens (including phenoxy) is 3. The molecule has 0 aliphatic heterocycles. The van der Waals surface area contributed by atoms with Crippen LogP contribution >= 0.6 is 0 Å². The highest BCUT2D eigenvalue weighted by atomic mass is 16.6. The Morgan fingerprint density at radius 3 is 1.84 bits per heavy atom. The average molecular weight is 361 g/mol. The van der Waals surface area contributed by atoms with Crippen molar-refractivity contribution in [2.24, 2.45) is 0 Å². The maximum atomic E-state index is 12.1. The average Bonchev–Trinajstić information content (AvgIpc) is 2.32. The molecule has 0 bridgehead atoms. The van der Waals surface area contributed by atoms with E-state index in [2.05, 4.69) is 5.32 Å². The molecular formula is C16H27NO8. The van der Waals surface area contributed by atoms with E-state index in [1.165, 1.54) is 0 Å². The Bertz CT molecular complexity index is 485. The Labute approximate surface area is 147 Å². The van der Waals surface area contributed by atoms with Gasteiger partial charge in [0.2, 0.25) is 0 Å². The minimum absolute atomic E-state index is 0.526. The van der Waals surface area contributed by atoms with Crippen molar-refractivity contribution in [3.05, 3.63) is 0 Å². The minimum Gasteiger partial charge on any atom is -0.479 e. The van der Waals surface area contributed by atoms with Gasteiger partial charge in [0, 0.05) is 0 Å². The van der Waals surface area contributed by atoms with Gasteiger partial charge < -0.3 is 24.6 Å². The van der Waals surface area contributed by atoms with Crippen LogP contribution in [-0.2, 0) is 28.6 Å². The van der Waals surface area contributed by atoms with Gasteiger partial charge in [-0.05, 0) is 48.5 Å². The molecule has 144 valence electrons. The number of nitrogens with one attached hydrogen (secondary N) is 1. The number of amides is 1. The first-order valence-corrected chi connectivity index (χ1v) is 7.75. The monoisotopic (exact) mass is 361 g/mol. The molecular weight excluding hydrogens is 334 g/mol. The third-order valence-corrected chi connectivity index (χ3v) is 2.41. The zero-order valence-corrected chi connectivity index (χ0v) is 15.7. The Morgan fingerprint density at radius 1 is 0.960 bits per heavy atom. The van der Waals surface area contributed by atoms with E-state index in [-0.39, 0.29) is 0 Å². The van der Waals surface area contributed by atoms with E-state index in [0.717, 1.165) is 6.92 Å². The number of carboxylic acids is 1. The van der Waals surface area contributed by atoms with Crippen LogP contribution in [0.25, 0.3) is 0 Å². The van der Waals surface area contributed by atoms with E-state index in [1.807, 2.05) is 0 Å². The number of alkyl carbamates (subject to hydrolysis) is 1. The van der Waals surface area contributed by atoms with Gasteiger partial charge in [-0.2, -0.15) is 0 Å². The molecule has 0 rings (SSSR count). The fourth-order valence-corrected chi connectivity index (χ4v) is 1.50. The van der Waals surface area contributed by atoms with Crippen LogP contribution in [0, 0.1) is 0 Å². The second-order valence-electron chi connectivity index (χ2n) is 7.41. The molecule has 1 amide bonds. The van der Waals surface area contributed by atoms with Gasteiger partial charge >= 0.3 is 24.0 Å². The van der Waals surface area contributed by atoms with Crippen LogP contribution in [0.5, 0.6) is 0 Å². The van der Waals surface area contributed by atoms with Gasteiger partial charge in [0.25, 0.3) is 0 Å². The summed E-state index contributed by atoms with van der Waals surface area (Å²) < 4.78 is 14.8. The summed E-state index contributed by atoms with van der Waals surface area (Å²) in [5.41, 5.74) is -1.61. The number of esters is 2. The molecule has 2 N–H and O–H groups in total. The number of aliphatic carboxylic acids is 1. The first-order chi connectivity index (χ1) is 11.1. The summed E-state index contributed by atoms with van der Waals surface area (Å²) in [6, 6.07) is -1.44. The van der Waals surface area contributed by atoms with Crippen molar-refractivity contribution in [3.63, 3.8) is 0 Å². The summed E-state index contributed by atoms with van der Waals surface area (Å²) in [5.74, 6) is -3.19. The third kappa shape index (κ3) is 11.0. The molecule has 0 radical (unpaired) electrons. The van der Waals surface area contributed by atoms with Gasteiger partial charge in [-0.25, -0.2) is 14.4 Å². The van der Waals surface area contributed by atoms with Gasteiger partial charge in [-0.15, -0.1) is 0 Å². The molecule has 0 aromatic carbocycles.